The van der Waals surface area contributed by atoms with Gasteiger partial charge in [-0.15, -0.1) is 22.9 Å². The second-order valence-corrected chi connectivity index (χ2v) is 4.70. The minimum atomic E-state index is -0.492. The molecular formula is C10H14ClN3O2S. The van der Waals surface area contributed by atoms with Gasteiger partial charge in [0.2, 0.25) is 5.91 Å². The van der Waals surface area contributed by atoms with Gasteiger partial charge in [-0.2, -0.15) is 0 Å². The topological polar surface area (TPSA) is 71.1 Å². The fraction of sp³-hybridized carbons (Fsp3) is 0.500. The summed E-state index contributed by atoms with van der Waals surface area (Å²) >= 11 is 6.92. The smallest absolute Gasteiger partial charge is 0.321 e. The maximum Gasteiger partial charge on any atom is 0.321 e. The SMILES string of the molecule is Cc1csc(CCNC(=O)NC(=O)CCCl)n1. The van der Waals surface area contributed by atoms with Crippen LogP contribution < -0.4 is 10.6 Å². The molecule has 1 aromatic rings. The van der Waals surface area contributed by atoms with Gasteiger partial charge in [0, 0.05) is 36.3 Å². The highest BCUT2D eigenvalue weighted by molar-refractivity contribution is 7.09. The summed E-state index contributed by atoms with van der Waals surface area (Å²) in [6.45, 7) is 2.37. The molecule has 0 saturated carbocycles. The normalized spacial score (nSPS) is 10.0. The summed E-state index contributed by atoms with van der Waals surface area (Å²) in [7, 11) is 0. The number of carbonyl (C=O) groups is 2. The summed E-state index contributed by atoms with van der Waals surface area (Å²) < 4.78 is 0. The summed E-state index contributed by atoms with van der Waals surface area (Å²) in [6.07, 6.45) is 0.802. The van der Waals surface area contributed by atoms with Crippen LogP contribution in [-0.4, -0.2) is 29.3 Å². The lowest BCUT2D eigenvalue weighted by Gasteiger charge is -2.04. The molecule has 1 rings (SSSR count). The molecule has 0 aliphatic heterocycles. The van der Waals surface area contributed by atoms with Gasteiger partial charge in [-0.25, -0.2) is 9.78 Å². The van der Waals surface area contributed by atoms with Crippen molar-refractivity contribution in [3.8, 4) is 0 Å². The number of amides is 3. The standard InChI is InChI=1S/C10H14ClN3O2S/c1-7-6-17-9(13-7)3-5-12-10(16)14-8(15)2-4-11/h6H,2-5H2,1H3,(H2,12,14,15,16). The van der Waals surface area contributed by atoms with Gasteiger partial charge in [0.25, 0.3) is 0 Å². The van der Waals surface area contributed by atoms with Gasteiger partial charge in [0.15, 0.2) is 0 Å². The molecule has 0 aliphatic carbocycles. The van der Waals surface area contributed by atoms with Crippen LogP contribution in [-0.2, 0) is 11.2 Å². The zero-order valence-corrected chi connectivity index (χ0v) is 11.0. The summed E-state index contributed by atoms with van der Waals surface area (Å²) in [6, 6.07) is -0.492. The molecule has 0 aromatic carbocycles. The number of thiazole rings is 1. The molecule has 3 amide bonds. The lowest BCUT2D eigenvalue weighted by atomic mass is 10.4. The van der Waals surface area contributed by atoms with E-state index in [4.69, 9.17) is 11.6 Å². The van der Waals surface area contributed by atoms with Crippen molar-refractivity contribution in [2.75, 3.05) is 12.4 Å². The number of nitrogens with zero attached hydrogens (tertiary/aromatic N) is 1. The molecule has 0 radical (unpaired) electrons. The monoisotopic (exact) mass is 275 g/mol. The van der Waals surface area contributed by atoms with Gasteiger partial charge in [-0.05, 0) is 6.92 Å². The molecule has 1 heterocycles. The molecule has 0 unspecified atom stereocenters. The van der Waals surface area contributed by atoms with Crippen LogP contribution >= 0.6 is 22.9 Å². The van der Waals surface area contributed by atoms with Crippen molar-refractivity contribution < 1.29 is 9.59 Å². The highest BCUT2D eigenvalue weighted by Gasteiger charge is 2.06. The number of aromatic nitrogens is 1. The Kier molecular flexibility index (Phi) is 5.93. The third kappa shape index (κ3) is 5.65. The summed E-state index contributed by atoms with van der Waals surface area (Å²) in [5.74, 6) is -0.167. The average Bonchev–Trinajstić information content (AvgIpc) is 2.64. The van der Waals surface area contributed by atoms with Gasteiger partial charge >= 0.3 is 6.03 Å². The third-order valence-corrected chi connectivity index (χ3v) is 3.08. The van der Waals surface area contributed by atoms with E-state index in [0.29, 0.717) is 13.0 Å². The van der Waals surface area contributed by atoms with E-state index in [1.165, 1.54) is 0 Å². The second kappa shape index (κ2) is 7.24. The molecular weight excluding hydrogens is 262 g/mol. The van der Waals surface area contributed by atoms with Crippen molar-refractivity contribution in [2.24, 2.45) is 0 Å². The predicted octanol–water partition coefficient (Wildman–Crippen LogP) is 1.45. The Labute approximate surface area is 109 Å². The van der Waals surface area contributed by atoms with Crippen molar-refractivity contribution in [2.45, 2.75) is 19.8 Å². The molecule has 2 N–H and O–H groups in total. The Hall–Kier alpha value is -1.14. The number of rotatable bonds is 5. The van der Waals surface area contributed by atoms with Crippen molar-refractivity contribution in [3.05, 3.63) is 16.1 Å². The first-order valence-corrected chi connectivity index (χ1v) is 6.58. The van der Waals surface area contributed by atoms with Crippen LogP contribution in [0.3, 0.4) is 0 Å². The lowest BCUT2D eigenvalue weighted by molar-refractivity contribution is -0.119. The van der Waals surface area contributed by atoms with Crippen LogP contribution in [0.5, 0.6) is 0 Å². The lowest BCUT2D eigenvalue weighted by Crippen LogP contribution is -2.40. The maximum absolute atomic E-state index is 11.2. The van der Waals surface area contributed by atoms with Crippen molar-refractivity contribution >= 4 is 34.9 Å². The average molecular weight is 276 g/mol. The van der Waals surface area contributed by atoms with Crippen molar-refractivity contribution in [1.82, 2.24) is 15.6 Å². The number of hydrogen-bond donors (Lipinski definition) is 2. The molecule has 0 atom stereocenters. The Morgan fingerprint density at radius 3 is 2.88 bits per heavy atom. The number of carbonyl (C=O) groups excluding carboxylic acids is 2. The second-order valence-electron chi connectivity index (χ2n) is 3.38. The van der Waals surface area contributed by atoms with E-state index >= 15 is 0 Å². The Bertz CT molecular complexity index is 395. The molecule has 0 spiro atoms. The zero-order valence-electron chi connectivity index (χ0n) is 9.46. The van der Waals surface area contributed by atoms with Gasteiger partial charge in [0.1, 0.15) is 0 Å². The Morgan fingerprint density at radius 2 is 2.29 bits per heavy atom. The van der Waals surface area contributed by atoms with E-state index in [2.05, 4.69) is 15.6 Å². The fourth-order valence-electron chi connectivity index (χ4n) is 1.12. The number of hydrogen-bond acceptors (Lipinski definition) is 4. The number of imide groups is 1. The van der Waals surface area contributed by atoms with Crippen molar-refractivity contribution in [3.63, 3.8) is 0 Å². The first-order chi connectivity index (χ1) is 8.11. The number of urea groups is 1. The Morgan fingerprint density at radius 1 is 1.53 bits per heavy atom. The molecule has 5 nitrogen and oxygen atoms in total. The number of halogens is 1. The quantitative estimate of drug-likeness (QED) is 0.799. The van der Waals surface area contributed by atoms with Crippen LogP contribution in [0, 0.1) is 6.92 Å². The van der Waals surface area contributed by atoms with E-state index in [0.717, 1.165) is 10.7 Å². The van der Waals surface area contributed by atoms with Crippen LogP contribution in [0.2, 0.25) is 0 Å². The molecule has 7 heteroatoms. The predicted molar refractivity (Wildman–Crippen MR) is 67.4 cm³/mol. The third-order valence-electron chi connectivity index (χ3n) is 1.87. The molecule has 0 saturated heterocycles. The summed E-state index contributed by atoms with van der Waals surface area (Å²) in [5, 5.41) is 7.69. The molecule has 0 bridgehead atoms. The van der Waals surface area contributed by atoms with Gasteiger partial charge in [0.05, 0.1) is 5.01 Å². The minimum Gasteiger partial charge on any atom is -0.337 e. The van der Waals surface area contributed by atoms with E-state index in [-0.39, 0.29) is 18.2 Å². The molecule has 94 valence electrons. The molecule has 0 aliphatic rings. The van der Waals surface area contributed by atoms with E-state index in [9.17, 15) is 9.59 Å². The Balaban J connectivity index is 2.18. The summed E-state index contributed by atoms with van der Waals surface area (Å²) in [5.41, 5.74) is 0.978. The van der Waals surface area contributed by atoms with Crippen LogP contribution in [0.25, 0.3) is 0 Å². The largest absolute Gasteiger partial charge is 0.337 e. The van der Waals surface area contributed by atoms with E-state index < -0.39 is 6.03 Å². The number of nitrogens with one attached hydrogen (secondary N) is 2. The van der Waals surface area contributed by atoms with Crippen LogP contribution in [0.1, 0.15) is 17.1 Å². The number of alkyl halides is 1. The first-order valence-electron chi connectivity index (χ1n) is 5.16. The highest BCUT2D eigenvalue weighted by atomic mass is 35.5. The van der Waals surface area contributed by atoms with Gasteiger partial charge in [-0.3, -0.25) is 10.1 Å². The van der Waals surface area contributed by atoms with Gasteiger partial charge < -0.3 is 5.32 Å². The van der Waals surface area contributed by atoms with E-state index in [1.54, 1.807) is 11.3 Å². The number of aryl methyl sites for hydroxylation is 1. The zero-order chi connectivity index (χ0) is 12.7. The minimum absolute atomic E-state index is 0.140. The summed E-state index contributed by atoms with van der Waals surface area (Å²) in [4.78, 5) is 26.5. The van der Waals surface area contributed by atoms with Crippen LogP contribution in [0.15, 0.2) is 5.38 Å². The molecule has 1 aromatic heterocycles. The molecule has 0 fully saturated rings. The molecule has 17 heavy (non-hydrogen) atoms. The van der Waals surface area contributed by atoms with E-state index in [1.807, 2.05) is 12.3 Å². The van der Waals surface area contributed by atoms with Crippen LogP contribution in [0.4, 0.5) is 4.79 Å². The van der Waals surface area contributed by atoms with Gasteiger partial charge in [-0.1, -0.05) is 0 Å². The first kappa shape index (κ1) is 13.9. The maximum atomic E-state index is 11.2. The fourth-order valence-corrected chi connectivity index (χ4v) is 2.07. The highest BCUT2D eigenvalue weighted by Crippen LogP contribution is 2.08. The van der Waals surface area contributed by atoms with Crippen molar-refractivity contribution in [1.29, 1.82) is 0 Å².